The van der Waals surface area contributed by atoms with Crippen LogP contribution in [-0.4, -0.2) is 54.7 Å². The van der Waals surface area contributed by atoms with E-state index in [9.17, 15) is 9.59 Å². The highest BCUT2D eigenvalue weighted by Crippen LogP contribution is 2.47. The van der Waals surface area contributed by atoms with Crippen molar-refractivity contribution in [3.05, 3.63) is 0 Å². The standard InChI is InChI=1S/C12H18N2O4S/c1-17-9(15)6-8-7-14(4-5-18-8)11(16)12(2-3-12)10(13)19/h8H,2-7H2,1H3,(H2,13,19). The molecular formula is C12H18N2O4S. The lowest BCUT2D eigenvalue weighted by molar-refractivity contribution is -0.151. The summed E-state index contributed by atoms with van der Waals surface area (Å²) in [5.74, 6) is -0.368. The van der Waals surface area contributed by atoms with Gasteiger partial charge in [-0.25, -0.2) is 0 Å². The minimum atomic E-state index is -0.636. The molecule has 2 rings (SSSR count). The summed E-state index contributed by atoms with van der Waals surface area (Å²) in [5, 5.41) is 0. The van der Waals surface area contributed by atoms with E-state index in [0.29, 0.717) is 19.7 Å². The molecule has 0 aromatic carbocycles. The number of carbonyl (C=O) groups is 2. The number of nitrogens with two attached hydrogens (primary N) is 1. The Morgan fingerprint density at radius 2 is 2.21 bits per heavy atom. The third-order valence-corrected chi connectivity index (χ3v) is 4.07. The topological polar surface area (TPSA) is 81.9 Å². The molecule has 1 saturated heterocycles. The summed E-state index contributed by atoms with van der Waals surface area (Å²) in [4.78, 5) is 25.6. The number of esters is 1. The Morgan fingerprint density at radius 3 is 2.74 bits per heavy atom. The first-order chi connectivity index (χ1) is 8.99. The number of amides is 1. The van der Waals surface area contributed by atoms with Gasteiger partial charge in [0.15, 0.2) is 0 Å². The first-order valence-electron chi connectivity index (χ1n) is 6.27. The van der Waals surface area contributed by atoms with Crippen LogP contribution in [-0.2, 0) is 19.1 Å². The van der Waals surface area contributed by atoms with E-state index in [1.807, 2.05) is 0 Å². The van der Waals surface area contributed by atoms with Gasteiger partial charge in [-0.3, -0.25) is 9.59 Å². The molecule has 2 fully saturated rings. The molecule has 1 heterocycles. The van der Waals surface area contributed by atoms with Crippen molar-refractivity contribution >= 4 is 29.1 Å². The van der Waals surface area contributed by atoms with Crippen molar-refractivity contribution in [2.24, 2.45) is 11.1 Å². The van der Waals surface area contributed by atoms with Gasteiger partial charge < -0.3 is 20.1 Å². The van der Waals surface area contributed by atoms with Crippen molar-refractivity contribution in [1.29, 1.82) is 0 Å². The van der Waals surface area contributed by atoms with Gasteiger partial charge in [-0.1, -0.05) is 12.2 Å². The van der Waals surface area contributed by atoms with Gasteiger partial charge in [0.05, 0.1) is 36.6 Å². The van der Waals surface area contributed by atoms with Crippen LogP contribution in [0.4, 0.5) is 0 Å². The van der Waals surface area contributed by atoms with Crippen LogP contribution in [0, 0.1) is 5.41 Å². The molecule has 1 unspecified atom stereocenters. The van der Waals surface area contributed by atoms with E-state index >= 15 is 0 Å². The minimum Gasteiger partial charge on any atom is -0.469 e. The molecule has 106 valence electrons. The third kappa shape index (κ3) is 2.87. The largest absolute Gasteiger partial charge is 0.469 e. The van der Waals surface area contributed by atoms with E-state index in [-0.39, 0.29) is 29.4 Å². The smallest absolute Gasteiger partial charge is 0.308 e. The van der Waals surface area contributed by atoms with Crippen molar-refractivity contribution in [2.75, 3.05) is 26.8 Å². The van der Waals surface area contributed by atoms with E-state index < -0.39 is 5.41 Å². The number of ether oxygens (including phenoxy) is 2. The second-order valence-electron chi connectivity index (χ2n) is 4.97. The second kappa shape index (κ2) is 5.42. The predicted molar refractivity (Wildman–Crippen MR) is 71.4 cm³/mol. The van der Waals surface area contributed by atoms with Crippen molar-refractivity contribution in [3.63, 3.8) is 0 Å². The van der Waals surface area contributed by atoms with Gasteiger partial charge >= 0.3 is 5.97 Å². The SMILES string of the molecule is COC(=O)CC1CN(C(=O)C2(C(N)=S)CC2)CCO1. The van der Waals surface area contributed by atoms with Crippen LogP contribution in [0.1, 0.15) is 19.3 Å². The van der Waals surface area contributed by atoms with Crippen molar-refractivity contribution < 1.29 is 19.1 Å². The molecule has 2 aliphatic rings. The Morgan fingerprint density at radius 1 is 1.53 bits per heavy atom. The minimum absolute atomic E-state index is 0.0295. The summed E-state index contributed by atoms with van der Waals surface area (Å²) in [7, 11) is 1.33. The van der Waals surface area contributed by atoms with E-state index in [1.165, 1.54) is 7.11 Å². The van der Waals surface area contributed by atoms with Gasteiger partial charge in [-0.2, -0.15) is 0 Å². The van der Waals surface area contributed by atoms with Gasteiger partial charge in [0.1, 0.15) is 0 Å². The fraction of sp³-hybridized carbons (Fsp3) is 0.750. The zero-order chi connectivity index (χ0) is 14.0. The van der Waals surface area contributed by atoms with Crippen LogP contribution in [0.25, 0.3) is 0 Å². The molecular weight excluding hydrogens is 268 g/mol. The van der Waals surface area contributed by atoms with Crippen LogP contribution in [0.3, 0.4) is 0 Å². The number of methoxy groups -OCH3 is 1. The number of hydrogen-bond acceptors (Lipinski definition) is 5. The highest BCUT2D eigenvalue weighted by atomic mass is 32.1. The fourth-order valence-electron chi connectivity index (χ4n) is 2.29. The van der Waals surface area contributed by atoms with Crippen molar-refractivity contribution in [1.82, 2.24) is 4.90 Å². The zero-order valence-electron chi connectivity index (χ0n) is 10.9. The van der Waals surface area contributed by atoms with Crippen LogP contribution in [0.2, 0.25) is 0 Å². The van der Waals surface area contributed by atoms with E-state index in [4.69, 9.17) is 22.7 Å². The third-order valence-electron chi connectivity index (χ3n) is 3.68. The molecule has 6 nitrogen and oxygen atoms in total. The molecule has 0 bridgehead atoms. The highest BCUT2D eigenvalue weighted by molar-refractivity contribution is 7.80. The van der Waals surface area contributed by atoms with Gasteiger partial charge in [0, 0.05) is 13.1 Å². The number of morpholine rings is 1. The Hall–Kier alpha value is -1.21. The monoisotopic (exact) mass is 286 g/mol. The molecule has 0 aromatic rings. The predicted octanol–water partition coefficient (Wildman–Crippen LogP) is -0.157. The lowest BCUT2D eigenvalue weighted by atomic mass is 10.0. The summed E-state index contributed by atoms with van der Waals surface area (Å²) in [6, 6.07) is 0. The molecule has 1 aliphatic heterocycles. The number of hydrogen-bond donors (Lipinski definition) is 1. The van der Waals surface area contributed by atoms with Gasteiger partial charge in [0.2, 0.25) is 5.91 Å². The Kier molecular flexibility index (Phi) is 4.05. The normalized spacial score (nSPS) is 24.7. The quantitative estimate of drug-likeness (QED) is 0.571. The van der Waals surface area contributed by atoms with Crippen LogP contribution < -0.4 is 5.73 Å². The second-order valence-corrected chi connectivity index (χ2v) is 5.41. The van der Waals surface area contributed by atoms with Crippen LogP contribution in [0.5, 0.6) is 0 Å². The lowest BCUT2D eigenvalue weighted by Crippen LogP contribution is -2.51. The molecule has 1 amide bonds. The fourth-order valence-corrected chi connectivity index (χ4v) is 2.58. The molecule has 1 aliphatic carbocycles. The van der Waals surface area contributed by atoms with E-state index in [0.717, 1.165) is 12.8 Å². The maximum Gasteiger partial charge on any atom is 0.308 e. The van der Waals surface area contributed by atoms with E-state index in [1.54, 1.807) is 4.90 Å². The summed E-state index contributed by atoms with van der Waals surface area (Å²) in [6.45, 7) is 1.32. The Balaban J connectivity index is 1.96. The number of thiocarbonyl (C=S) groups is 1. The number of nitrogens with zero attached hydrogens (tertiary/aromatic N) is 1. The summed E-state index contributed by atoms with van der Waals surface area (Å²) in [5.41, 5.74) is 5.02. The van der Waals surface area contributed by atoms with E-state index in [2.05, 4.69) is 4.74 Å². The molecule has 0 radical (unpaired) electrons. The molecule has 0 aromatic heterocycles. The number of rotatable bonds is 4. The molecule has 1 saturated carbocycles. The first-order valence-corrected chi connectivity index (χ1v) is 6.68. The zero-order valence-corrected chi connectivity index (χ0v) is 11.7. The maximum atomic E-state index is 12.4. The summed E-state index contributed by atoms with van der Waals surface area (Å²) in [6.07, 6.45) is 1.29. The molecule has 0 spiro atoms. The van der Waals surface area contributed by atoms with Crippen LogP contribution in [0.15, 0.2) is 0 Å². The lowest BCUT2D eigenvalue weighted by Gasteiger charge is -2.34. The maximum absolute atomic E-state index is 12.4. The summed E-state index contributed by atoms with van der Waals surface area (Å²) < 4.78 is 10.1. The van der Waals surface area contributed by atoms with Gasteiger partial charge in [-0.05, 0) is 12.8 Å². The van der Waals surface area contributed by atoms with Gasteiger partial charge in [0.25, 0.3) is 0 Å². The first kappa shape index (κ1) is 14.2. The van der Waals surface area contributed by atoms with Crippen molar-refractivity contribution in [2.45, 2.75) is 25.4 Å². The summed E-state index contributed by atoms with van der Waals surface area (Å²) >= 11 is 4.98. The Labute approximate surface area is 117 Å². The molecule has 2 N–H and O–H groups in total. The average Bonchev–Trinajstić information content (AvgIpc) is 3.19. The molecule has 1 atom stereocenters. The van der Waals surface area contributed by atoms with Gasteiger partial charge in [-0.15, -0.1) is 0 Å². The van der Waals surface area contributed by atoms with Crippen LogP contribution >= 0.6 is 12.2 Å². The van der Waals surface area contributed by atoms with Crippen molar-refractivity contribution in [3.8, 4) is 0 Å². The average molecular weight is 286 g/mol. The highest BCUT2D eigenvalue weighted by Gasteiger charge is 2.54. The molecule has 7 heteroatoms. The molecule has 19 heavy (non-hydrogen) atoms. The number of carbonyl (C=O) groups excluding carboxylic acids is 2. The Bertz CT molecular complexity index is 409.